The van der Waals surface area contributed by atoms with Crippen LogP contribution in [-0.4, -0.2) is 40.4 Å². The first-order valence-corrected chi connectivity index (χ1v) is 6.86. The third-order valence-electron chi connectivity index (χ3n) is 3.37. The smallest absolute Gasteiger partial charge is 0.233 e. The highest BCUT2D eigenvalue weighted by Gasteiger charge is 2.31. The van der Waals surface area contributed by atoms with E-state index in [1.54, 1.807) is 5.01 Å². The molecule has 1 fully saturated rings. The fraction of sp³-hybridized carbons (Fsp3) is 1.00. The van der Waals surface area contributed by atoms with Gasteiger partial charge >= 0.3 is 0 Å². The zero-order chi connectivity index (χ0) is 13.4. The molecule has 106 valence electrons. The van der Waals surface area contributed by atoms with Gasteiger partial charge in [0.25, 0.3) is 0 Å². The number of hydrogen-bond donors (Lipinski definition) is 1. The fourth-order valence-electron chi connectivity index (χ4n) is 2.33. The molecule has 1 aliphatic heterocycles. The van der Waals surface area contributed by atoms with E-state index < -0.39 is 0 Å². The van der Waals surface area contributed by atoms with Gasteiger partial charge in [-0.25, -0.2) is 0 Å². The molecule has 1 rings (SSSR count). The minimum Gasteiger partial charge on any atom is -0.569 e. The summed E-state index contributed by atoms with van der Waals surface area (Å²) >= 11 is 0. The van der Waals surface area contributed by atoms with E-state index in [1.165, 1.54) is 0 Å². The maximum absolute atomic E-state index is 11.8. The van der Waals surface area contributed by atoms with Gasteiger partial charge in [0.1, 0.15) is 6.61 Å². The van der Waals surface area contributed by atoms with Gasteiger partial charge in [-0.3, -0.25) is 0 Å². The average Bonchev–Trinajstić information content (AvgIpc) is 2.33. The quantitative estimate of drug-likeness (QED) is 0.329. The van der Waals surface area contributed by atoms with Gasteiger partial charge in [0.15, 0.2) is 0 Å². The highest BCUT2D eigenvalue weighted by Crippen LogP contribution is 2.22. The van der Waals surface area contributed by atoms with Gasteiger partial charge in [-0.2, -0.15) is 0 Å². The maximum atomic E-state index is 11.8. The predicted molar refractivity (Wildman–Crippen MR) is 67.6 cm³/mol. The summed E-state index contributed by atoms with van der Waals surface area (Å²) in [5, 5.41) is 25.7. The summed E-state index contributed by atoms with van der Waals surface area (Å²) < 4.78 is 0. The normalized spacial score (nSPS) is 25.3. The van der Waals surface area contributed by atoms with Crippen LogP contribution in [0.25, 0.3) is 0 Å². The van der Waals surface area contributed by atoms with Gasteiger partial charge in [-0.15, -0.1) is 5.01 Å². The van der Waals surface area contributed by atoms with Crippen LogP contribution in [0.15, 0.2) is 5.28 Å². The van der Waals surface area contributed by atoms with Crippen molar-refractivity contribution in [3.05, 3.63) is 5.21 Å². The summed E-state index contributed by atoms with van der Waals surface area (Å²) in [6.45, 7) is 4.71. The van der Waals surface area contributed by atoms with Crippen LogP contribution in [0.4, 0.5) is 0 Å². The molecule has 6 nitrogen and oxygen atoms in total. The van der Waals surface area contributed by atoms with Crippen molar-refractivity contribution in [2.75, 3.05) is 13.2 Å². The number of nitrogens with zero attached hydrogens (tertiary/aromatic N) is 3. The van der Waals surface area contributed by atoms with Crippen molar-refractivity contribution in [2.45, 2.75) is 64.5 Å². The van der Waals surface area contributed by atoms with E-state index in [2.05, 4.69) is 5.28 Å². The van der Waals surface area contributed by atoms with Crippen LogP contribution in [0.1, 0.15) is 52.4 Å². The van der Waals surface area contributed by atoms with Crippen LogP contribution in [0, 0.1) is 5.21 Å². The molecule has 0 bridgehead atoms. The number of aliphatic hydroxyl groups is 1. The molecule has 0 amide bonds. The predicted octanol–water partition coefficient (Wildman–Crippen LogP) is 2.22. The Kier molecular flexibility index (Phi) is 6.78. The summed E-state index contributed by atoms with van der Waals surface area (Å²) in [7, 11) is 0. The van der Waals surface area contributed by atoms with E-state index in [4.69, 9.17) is 9.94 Å². The Labute approximate surface area is 109 Å². The zero-order valence-corrected chi connectivity index (χ0v) is 11.4. The molecule has 0 saturated carbocycles. The minimum absolute atomic E-state index is 0.202. The number of hydrogen-bond acceptors (Lipinski definition) is 4. The van der Waals surface area contributed by atoms with Gasteiger partial charge in [0, 0.05) is 6.61 Å². The first-order valence-electron chi connectivity index (χ1n) is 6.86. The third kappa shape index (κ3) is 4.68. The van der Waals surface area contributed by atoms with Crippen LogP contribution >= 0.6 is 0 Å². The van der Waals surface area contributed by atoms with Crippen molar-refractivity contribution in [2.24, 2.45) is 5.28 Å². The van der Waals surface area contributed by atoms with Crippen molar-refractivity contribution in [1.29, 1.82) is 0 Å². The van der Waals surface area contributed by atoms with E-state index in [0.717, 1.165) is 38.5 Å². The Bertz CT molecular complexity index is 251. The largest absolute Gasteiger partial charge is 0.569 e. The molecular formula is C12H25N3O3. The summed E-state index contributed by atoms with van der Waals surface area (Å²) in [4.78, 5) is 5.60. The monoisotopic (exact) mass is 259 g/mol. The van der Waals surface area contributed by atoms with Crippen molar-refractivity contribution in [3.8, 4) is 0 Å². The van der Waals surface area contributed by atoms with Crippen LogP contribution in [0.2, 0.25) is 0 Å². The van der Waals surface area contributed by atoms with Gasteiger partial charge in [-0.1, -0.05) is 0 Å². The second kappa shape index (κ2) is 8.13. The molecule has 1 saturated heterocycles. The maximum Gasteiger partial charge on any atom is 0.233 e. The second-order valence-electron chi connectivity index (χ2n) is 4.96. The molecule has 18 heavy (non-hydrogen) atoms. The summed E-state index contributed by atoms with van der Waals surface area (Å²) in [6.07, 6.45) is 5.67. The molecule has 0 aromatic rings. The second-order valence-corrected chi connectivity index (χ2v) is 4.96. The molecule has 1 N–H and O–H groups in total. The van der Waals surface area contributed by atoms with Crippen LogP contribution in [0.5, 0.6) is 0 Å². The lowest BCUT2D eigenvalue weighted by Gasteiger charge is -2.33. The number of hydrazine groups is 1. The molecule has 0 aromatic carbocycles. The van der Waals surface area contributed by atoms with Crippen LogP contribution in [0.3, 0.4) is 0 Å². The van der Waals surface area contributed by atoms with E-state index in [-0.39, 0.29) is 18.7 Å². The fourth-order valence-corrected chi connectivity index (χ4v) is 2.33. The molecular weight excluding hydrogens is 234 g/mol. The van der Waals surface area contributed by atoms with E-state index >= 15 is 0 Å². The Balaban J connectivity index is 2.30. The Morgan fingerprint density at radius 2 is 1.94 bits per heavy atom. The van der Waals surface area contributed by atoms with Gasteiger partial charge in [0.05, 0.1) is 17.1 Å². The van der Waals surface area contributed by atoms with Crippen LogP contribution < -0.4 is 0 Å². The topological polar surface area (TPSA) is 71.1 Å². The molecule has 0 aliphatic carbocycles. The zero-order valence-electron chi connectivity index (χ0n) is 11.4. The Morgan fingerprint density at radius 1 is 1.28 bits per heavy atom. The lowest BCUT2D eigenvalue weighted by molar-refractivity contribution is -0.727. The van der Waals surface area contributed by atoms with Gasteiger partial charge in [-0.05, 0) is 52.4 Å². The van der Waals surface area contributed by atoms with Gasteiger partial charge < -0.3 is 15.2 Å². The molecule has 0 radical (unpaired) electrons. The molecule has 1 heterocycles. The SMILES string of the molecule is C[C@@H]1CCC[C@H](C)N1/[N+]([O-])=N/OCCCCCO. The first kappa shape index (κ1) is 15.0. The van der Waals surface area contributed by atoms with Crippen molar-refractivity contribution >= 4 is 0 Å². The highest BCUT2D eigenvalue weighted by atomic mass is 16.7. The van der Waals surface area contributed by atoms with Crippen molar-refractivity contribution in [3.63, 3.8) is 0 Å². The van der Waals surface area contributed by atoms with E-state index in [0.29, 0.717) is 11.6 Å². The lowest BCUT2D eigenvalue weighted by atomic mass is 10.00. The molecule has 0 unspecified atom stereocenters. The van der Waals surface area contributed by atoms with Crippen molar-refractivity contribution in [1.82, 2.24) is 5.01 Å². The molecule has 0 spiro atoms. The molecule has 2 atom stereocenters. The summed E-state index contributed by atoms with van der Waals surface area (Å²) in [6, 6.07) is 0.431. The molecule has 0 aromatic heterocycles. The van der Waals surface area contributed by atoms with E-state index in [9.17, 15) is 5.21 Å². The Hall–Kier alpha value is -1.04. The lowest BCUT2D eigenvalue weighted by Crippen LogP contribution is -2.47. The summed E-state index contributed by atoms with van der Waals surface area (Å²) in [5.41, 5.74) is 0. The van der Waals surface area contributed by atoms with Gasteiger partial charge in [0.2, 0.25) is 5.28 Å². The minimum atomic E-state index is 0.202. The first-order chi connectivity index (χ1) is 8.66. The Morgan fingerprint density at radius 3 is 2.56 bits per heavy atom. The van der Waals surface area contributed by atoms with E-state index in [1.807, 2.05) is 13.8 Å². The number of unbranched alkanes of at least 4 members (excludes halogenated alkanes) is 2. The van der Waals surface area contributed by atoms with Crippen molar-refractivity contribution < 1.29 is 14.9 Å². The van der Waals surface area contributed by atoms with Crippen LogP contribution in [-0.2, 0) is 4.84 Å². The third-order valence-corrected chi connectivity index (χ3v) is 3.37. The average molecular weight is 259 g/mol. The number of aliphatic hydroxyl groups excluding tert-OH is 1. The highest BCUT2D eigenvalue weighted by molar-refractivity contribution is 4.72. The summed E-state index contributed by atoms with van der Waals surface area (Å²) in [5.74, 6) is 0. The number of rotatable bonds is 7. The molecule has 6 heteroatoms. The standard InChI is InChI=1S/C12H25N3O3/c1-11-7-6-8-12(2)14(11)15(17)13-18-10-5-3-4-9-16/h11-12,16H,3-10H2,1-2H3/b15-13-/t11-,12+. The molecule has 1 aliphatic rings. The number of piperidine rings is 1.